The summed E-state index contributed by atoms with van der Waals surface area (Å²) in [6, 6.07) is 5.42. The number of rotatable bonds is 3. The molecule has 1 N–H and O–H groups in total. The maximum Gasteiger partial charge on any atom is 0.272 e. The number of hydrogen-bond acceptors (Lipinski definition) is 6. The van der Waals surface area contributed by atoms with Crippen LogP contribution >= 0.6 is 0 Å². The van der Waals surface area contributed by atoms with E-state index >= 15 is 0 Å². The molecule has 2 aliphatic rings. The Balaban J connectivity index is 1.57. The molecule has 4 heterocycles. The van der Waals surface area contributed by atoms with Gasteiger partial charge in [0.2, 0.25) is 0 Å². The first-order valence-corrected chi connectivity index (χ1v) is 9.62. The van der Waals surface area contributed by atoms with E-state index in [1.54, 1.807) is 12.3 Å². The van der Waals surface area contributed by atoms with E-state index in [9.17, 15) is 4.79 Å². The Kier molecular flexibility index (Phi) is 5.03. The highest BCUT2D eigenvalue weighted by molar-refractivity contribution is 5.92. The quantitative estimate of drug-likeness (QED) is 0.895. The van der Waals surface area contributed by atoms with Gasteiger partial charge in [0.25, 0.3) is 5.91 Å². The van der Waals surface area contributed by atoms with E-state index in [2.05, 4.69) is 22.2 Å². The first kappa shape index (κ1) is 17.9. The lowest BCUT2D eigenvalue weighted by Crippen LogP contribution is -2.38. The molecule has 0 unspecified atom stereocenters. The standard InChI is InChI=1S/C20H26N6O/c1-21-19-15-13-26(20(27)17-5-3-4-9-22-17)12-8-16(15)23-18(24-19)14-6-10-25(2)11-7-14/h3-5,9,14H,6-8,10-13H2,1-2H3,(H,21,23,24). The Morgan fingerprint density at radius 2 is 2.00 bits per heavy atom. The van der Waals surface area contributed by atoms with Crippen molar-refractivity contribution in [1.29, 1.82) is 0 Å². The normalized spacial score (nSPS) is 18.2. The van der Waals surface area contributed by atoms with Crippen molar-refractivity contribution in [1.82, 2.24) is 24.8 Å². The topological polar surface area (TPSA) is 74.2 Å². The maximum atomic E-state index is 12.8. The van der Waals surface area contributed by atoms with Gasteiger partial charge in [-0.1, -0.05) is 6.07 Å². The molecule has 2 aromatic heterocycles. The van der Waals surface area contributed by atoms with Gasteiger partial charge in [-0.25, -0.2) is 9.97 Å². The molecule has 1 saturated heterocycles. The van der Waals surface area contributed by atoms with Crippen molar-refractivity contribution in [2.45, 2.75) is 31.7 Å². The number of anilines is 1. The smallest absolute Gasteiger partial charge is 0.272 e. The monoisotopic (exact) mass is 366 g/mol. The van der Waals surface area contributed by atoms with Crippen molar-refractivity contribution in [2.75, 3.05) is 39.0 Å². The van der Waals surface area contributed by atoms with Crippen LogP contribution in [0.1, 0.15) is 46.3 Å². The van der Waals surface area contributed by atoms with E-state index < -0.39 is 0 Å². The first-order valence-electron chi connectivity index (χ1n) is 9.62. The summed E-state index contributed by atoms with van der Waals surface area (Å²) in [5.41, 5.74) is 2.59. The Hall–Kier alpha value is -2.54. The molecular formula is C20H26N6O. The van der Waals surface area contributed by atoms with E-state index in [1.807, 2.05) is 24.1 Å². The van der Waals surface area contributed by atoms with Crippen LogP contribution in [0, 0.1) is 0 Å². The highest BCUT2D eigenvalue weighted by Crippen LogP contribution is 2.30. The summed E-state index contributed by atoms with van der Waals surface area (Å²) in [6.45, 7) is 3.36. The SMILES string of the molecule is CNc1nc(C2CCN(C)CC2)nc2c1CN(C(=O)c1ccccn1)CC2. The molecule has 0 saturated carbocycles. The third kappa shape index (κ3) is 3.64. The average Bonchev–Trinajstić information content (AvgIpc) is 2.73. The van der Waals surface area contributed by atoms with Crippen LogP contribution in [0.15, 0.2) is 24.4 Å². The van der Waals surface area contributed by atoms with E-state index in [4.69, 9.17) is 9.97 Å². The van der Waals surface area contributed by atoms with E-state index in [0.717, 1.165) is 55.3 Å². The van der Waals surface area contributed by atoms with Crippen LogP contribution in [-0.2, 0) is 13.0 Å². The van der Waals surface area contributed by atoms with E-state index in [1.165, 1.54) is 0 Å². The van der Waals surface area contributed by atoms with Gasteiger partial charge in [0.05, 0.1) is 12.2 Å². The van der Waals surface area contributed by atoms with E-state index in [-0.39, 0.29) is 5.91 Å². The van der Waals surface area contributed by atoms with E-state index in [0.29, 0.717) is 24.7 Å². The van der Waals surface area contributed by atoms with Crippen LogP contribution in [0.4, 0.5) is 5.82 Å². The van der Waals surface area contributed by atoms with Crippen molar-refractivity contribution in [3.05, 3.63) is 47.2 Å². The number of nitrogens with one attached hydrogen (secondary N) is 1. The number of amides is 1. The van der Waals surface area contributed by atoms with Crippen LogP contribution in [-0.4, -0.2) is 64.4 Å². The second-order valence-corrected chi connectivity index (χ2v) is 7.37. The van der Waals surface area contributed by atoms with Crippen molar-refractivity contribution in [3.8, 4) is 0 Å². The van der Waals surface area contributed by atoms with Gasteiger partial charge < -0.3 is 15.1 Å². The number of carbonyl (C=O) groups is 1. The van der Waals surface area contributed by atoms with Crippen LogP contribution in [0.2, 0.25) is 0 Å². The Bertz CT molecular complexity index is 799. The predicted molar refractivity (Wildman–Crippen MR) is 104 cm³/mol. The number of carbonyl (C=O) groups excluding carboxylic acids is 1. The number of pyridine rings is 1. The largest absolute Gasteiger partial charge is 0.373 e. The summed E-state index contributed by atoms with van der Waals surface area (Å²) < 4.78 is 0. The Morgan fingerprint density at radius 3 is 2.70 bits per heavy atom. The van der Waals surface area contributed by atoms with Crippen molar-refractivity contribution in [2.24, 2.45) is 0 Å². The lowest BCUT2D eigenvalue weighted by atomic mass is 9.95. The van der Waals surface area contributed by atoms with Crippen LogP contribution in [0.25, 0.3) is 0 Å². The van der Waals surface area contributed by atoms with Gasteiger partial charge in [-0.3, -0.25) is 9.78 Å². The molecule has 7 nitrogen and oxygen atoms in total. The molecule has 1 amide bonds. The first-order chi connectivity index (χ1) is 13.2. The minimum absolute atomic E-state index is 0.0392. The van der Waals surface area contributed by atoms with Gasteiger partial charge in [-0.05, 0) is 45.1 Å². The molecule has 4 rings (SSSR count). The lowest BCUT2D eigenvalue weighted by molar-refractivity contribution is 0.0727. The number of likely N-dealkylation sites (tertiary alicyclic amines) is 1. The number of nitrogens with zero attached hydrogens (tertiary/aromatic N) is 5. The molecule has 2 aromatic rings. The molecule has 0 spiro atoms. The molecule has 2 aliphatic heterocycles. The van der Waals surface area contributed by atoms with Crippen LogP contribution in [0.5, 0.6) is 0 Å². The van der Waals surface area contributed by atoms with Crippen LogP contribution < -0.4 is 5.32 Å². The molecular weight excluding hydrogens is 340 g/mol. The summed E-state index contributed by atoms with van der Waals surface area (Å²) in [5.74, 6) is 2.19. The van der Waals surface area contributed by atoms with Gasteiger partial charge in [-0.15, -0.1) is 0 Å². The second-order valence-electron chi connectivity index (χ2n) is 7.37. The third-order valence-electron chi connectivity index (χ3n) is 5.57. The predicted octanol–water partition coefficient (Wildman–Crippen LogP) is 1.92. The molecule has 27 heavy (non-hydrogen) atoms. The zero-order valence-corrected chi connectivity index (χ0v) is 16.0. The molecule has 7 heteroatoms. The molecule has 0 aliphatic carbocycles. The Morgan fingerprint density at radius 1 is 1.19 bits per heavy atom. The number of aromatic nitrogens is 3. The Labute approximate surface area is 159 Å². The average molecular weight is 366 g/mol. The molecule has 0 bridgehead atoms. The van der Waals surface area contributed by atoms with Gasteiger partial charge >= 0.3 is 0 Å². The minimum atomic E-state index is -0.0392. The summed E-state index contributed by atoms with van der Waals surface area (Å²) in [5, 5.41) is 3.23. The van der Waals surface area contributed by atoms with Gasteiger partial charge in [0.1, 0.15) is 17.3 Å². The third-order valence-corrected chi connectivity index (χ3v) is 5.57. The highest BCUT2D eigenvalue weighted by Gasteiger charge is 2.28. The summed E-state index contributed by atoms with van der Waals surface area (Å²) in [6.07, 6.45) is 4.61. The molecule has 0 aromatic carbocycles. The highest BCUT2D eigenvalue weighted by atomic mass is 16.2. The van der Waals surface area contributed by atoms with Crippen molar-refractivity contribution < 1.29 is 4.79 Å². The second kappa shape index (κ2) is 7.60. The zero-order chi connectivity index (χ0) is 18.8. The zero-order valence-electron chi connectivity index (χ0n) is 16.0. The fourth-order valence-corrected chi connectivity index (χ4v) is 3.91. The number of piperidine rings is 1. The van der Waals surface area contributed by atoms with Crippen molar-refractivity contribution >= 4 is 11.7 Å². The fourth-order valence-electron chi connectivity index (χ4n) is 3.91. The fraction of sp³-hybridized carbons (Fsp3) is 0.500. The number of fused-ring (bicyclic) bond motifs is 1. The minimum Gasteiger partial charge on any atom is -0.373 e. The lowest BCUT2D eigenvalue weighted by Gasteiger charge is -2.31. The summed E-state index contributed by atoms with van der Waals surface area (Å²) >= 11 is 0. The van der Waals surface area contributed by atoms with Gasteiger partial charge in [0.15, 0.2) is 0 Å². The van der Waals surface area contributed by atoms with Crippen LogP contribution in [0.3, 0.4) is 0 Å². The maximum absolute atomic E-state index is 12.8. The summed E-state index contributed by atoms with van der Waals surface area (Å²) in [4.78, 5) is 30.9. The summed E-state index contributed by atoms with van der Waals surface area (Å²) in [7, 11) is 4.05. The molecule has 0 radical (unpaired) electrons. The molecule has 1 fully saturated rings. The number of hydrogen-bond donors (Lipinski definition) is 1. The molecule has 0 atom stereocenters. The molecule has 142 valence electrons. The van der Waals surface area contributed by atoms with Crippen molar-refractivity contribution in [3.63, 3.8) is 0 Å². The van der Waals surface area contributed by atoms with Gasteiger partial charge in [0, 0.05) is 37.7 Å². The van der Waals surface area contributed by atoms with Gasteiger partial charge in [-0.2, -0.15) is 0 Å².